The molecule has 0 unspecified atom stereocenters. The lowest BCUT2D eigenvalue weighted by Gasteiger charge is -2.08. The predicted molar refractivity (Wildman–Crippen MR) is 95.4 cm³/mol. The first kappa shape index (κ1) is 18.8. The van der Waals surface area contributed by atoms with Gasteiger partial charge in [-0.15, -0.1) is 5.10 Å². The number of carbonyl (C=O) groups is 3. The van der Waals surface area contributed by atoms with Crippen LogP contribution < -0.4 is 4.74 Å². The van der Waals surface area contributed by atoms with Crippen LogP contribution in [-0.2, 0) is 9.47 Å². The Morgan fingerprint density at radius 2 is 1.46 bits per heavy atom. The molecular weight excluding hydrogens is 366 g/mol. The maximum absolute atomic E-state index is 12.4. The zero-order chi connectivity index (χ0) is 20.1. The third-order valence-corrected chi connectivity index (χ3v) is 3.65. The number of esters is 3. The molecule has 0 aliphatic carbocycles. The van der Waals surface area contributed by atoms with E-state index in [9.17, 15) is 14.4 Å². The van der Waals surface area contributed by atoms with E-state index in [1.807, 2.05) is 18.2 Å². The quantitative estimate of drug-likeness (QED) is 0.488. The molecule has 9 heteroatoms. The van der Waals surface area contributed by atoms with Gasteiger partial charge in [-0.2, -0.15) is 9.90 Å². The first-order valence-corrected chi connectivity index (χ1v) is 8.03. The lowest BCUT2D eigenvalue weighted by atomic mass is 10.1. The van der Waals surface area contributed by atoms with E-state index in [1.54, 1.807) is 12.1 Å². The van der Waals surface area contributed by atoms with Crippen molar-refractivity contribution in [1.29, 1.82) is 0 Å². The van der Waals surface area contributed by atoms with E-state index in [-0.39, 0.29) is 22.6 Å². The monoisotopic (exact) mass is 381 g/mol. The first-order chi connectivity index (χ1) is 13.5. The van der Waals surface area contributed by atoms with Crippen LogP contribution in [0.2, 0.25) is 0 Å². The normalized spacial score (nSPS) is 10.2. The van der Waals surface area contributed by atoms with Crippen LogP contribution in [0, 0.1) is 0 Å². The lowest BCUT2D eigenvalue weighted by Crippen LogP contribution is -2.12. The number of para-hydroxylation sites is 1. The first-order valence-electron chi connectivity index (χ1n) is 8.03. The molecule has 0 bridgehead atoms. The summed E-state index contributed by atoms with van der Waals surface area (Å²) in [6.45, 7) is 0. The number of aromatic nitrogens is 3. The van der Waals surface area contributed by atoms with Crippen molar-refractivity contribution in [3.63, 3.8) is 0 Å². The molecule has 0 fully saturated rings. The van der Waals surface area contributed by atoms with Gasteiger partial charge in [0, 0.05) is 0 Å². The molecule has 28 heavy (non-hydrogen) atoms. The summed E-state index contributed by atoms with van der Waals surface area (Å²) >= 11 is 0. The Labute approximate surface area is 159 Å². The van der Waals surface area contributed by atoms with E-state index >= 15 is 0 Å². The van der Waals surface area contributed by atoms with Gasteiger partial charge in [-0.05, 0) is 30.3 Å². The zero-order valence-electron chi connectivity index (χ0n) is 15.0. The molecule has 9 nitrogen and oxygen atoms in total. The molecule has 142 valence electrons. The van der Waals surface area contributed by atoms with Crippen molar-refractivity contribution in [2.75, 3.05) is 14.2 Å². The topological polar surface area (TPSA) is 110 Å². The van der Waals surface area contributed by atoms with Crippen molar-refractivity contribution < 1.29 is 28.6 Å². The second-order valence-electron chi connectivity index (χ2n) is 5.47. The Balaban J connectivity index is 1.86. The number of rotatable bonds is 5. The molecule has 2 aromatic carbocycles. The van der Waals surface area contributed by atoms with Gasteiger partial charge in [0.05, 0.1) is 37.2 Å². The molecule has 0 amide bonds. The Kier molecular flexibility index (Phi) is 5.45. The highest BCUT2D eigenvalue weighted by molar-refractivity contribution is 5.96. The maximum Gasteiger partial charge on any atom is 0.365 e. The molecule has 1 heterocycles. The fourth-order valence-electron chi connectivity index (χ4n) is 2.33. The highest BCUT2D eigenvalue weighted by atomic mass is 16.5. The largest absolute Gasteiger partial charge is 0.465 e. The summed E-state index contributed by atoms with van der Waals surface area (Å²) in [5.41, 5.74) is 0.677. The minimum absolute atomic E-state index is 0.0288. The van der Waals surface area contributed by atoms with Crippen molar-refractivity contribution in [1.82, 2.24) is 15.0 Å². The van der Waals surface area contributed by atoms with Crippen molar-refractivity contribution in [2.45, 2.75) is 0 Å². The molecule has 0 aliphatic rings. The minimum atomic E-state index is -0.806. The van der Waals surface area contributed by atoms with Crippen molar-refractivity contribution >= 4 is 17.9 Å². The number of carbonyl (C=O) groups excluding carboxylic acids is 3. The van der Waals surface area contributed by atoms with Gasteiger partial charge in [0.2, 0.25) is 0 Å². The molecule has 0 atom stereocenters. The van der Waals surface area contributed by atoms with Gasteiger partial charge >= 0.3 is 17.9 Å². The van der Waals surface area contributed by atoms with Crippen LogP contribution in [0.4, 0.5) is 0 Å². The van der Waals surface area contributed by atoms with Crippen LogP contribution in [0.3, 0.4) is 0 Å². The highest BCUT2D eigenvalue weighted by Gasteiger charge is 2.18. The van der Waals surface area contributed by atoms with E-state index in [2.05, 4.69) is 19.7 Å². The second kappa shape index (κ2) is 8.12. The Morgan fingerprint density at radius 1 is 0.857 bits per heavy atom. The molecule has 3 aromatic rings. The van der Waals surface area contributed by atoms with Crippen LogP contribution >= 0.6 is 0 Å². The van der Waals surface area contributed by atoms with Gasteiger partial charge in [-0.3, -0.25) is 0 Å². The Bertz CT molecular complexity index is 995. The SMILES string of the molecule is COC(=O)c1cc(OC(=O)c2cnn(-c3ccccc3)n2)cc(C(=O)OC)c1. The fourth-order valence-corrected chi connectivity index (χ4v) is 2.33. The van der Waals surface area contributed by atoms with Crippen molar-refractivity contribution in [2.24, 2.45) is 0 Å². The third-order valence-electron chi connectivity index (χ3n) is 3.65. The van der Waals surface area contributed by atoms with E-state index in [0.29, 0.717) is 5.69 Å². The second-order valence-corrected chi connectivity index (χ2v) is 5.47. The molecule has 3 rings (SSSR count). The molecular formula is C19H15N3O6. The summed E-state index contributed by atoms with van der Waals surface area (Å²) in [6.07, 6.45) is 1.25. The average molecular weight is 381 g/mol. The molecule has 1 aromatic heterocycles. The summed E-state index contributed by atoms with van der Waals surface area (Å²) in [5, 5.41) is 8.10. The van der Waals surface area contributed by atoms with Crippen LogP contribution in [0.15, 0.2) is 54.7 Å². The van der Waals surface area contributed by atoms with E-state index < -0.39 is 17.9 Å². The molecule has 0 spiro atoms. The van der Waals surface area contributed by atoms with Gasteiger partial charge < -0.3 is 14.2 Å². The number of ether oxygens (including phenoxy) is 3. The van der Waals surface area contributed by atoms with Gasteiger partial charge in [-0.25, -0.2) is 14.4 Å². The highest BCUT2D eigenvalue weighted by Crippen LogP contribution is 2.20. The standard InChI is InChI=1S/C19H15N3O6/c1-26-17(23)12-8-13(18(24)27-2)10-15(9-12)28-19(25)16-11-20-22(21-16)14-6-4-3-5-7-14/h3-11H,1-2H3. The number of nitrogens with zero attached hydrogens (tertiary/aromatic N) is 3. The van der Waals surface area contributed by atoms with E-state index in [4.69, 9.17) is 4.74 Å². The summed E-state index contributed by atoms with van der Waals surface area (Å²) in [6, 6.07) is 12.8. The molecule has 0 N–H and O–H groups in total. The number of hydrogen-bond acceptors (Lipinski definition) is 8. The van der Waals surface area contributed by atoms with Crippen molar-refractivity contribution in [3.8, 4) is 11.4 Å². The van der Waals surface area contributed by atoms with Crippen LogP contribution in [0.25, 0.3) is 5.69 Å². The van der Waals surface area contributed by atoms with Gasteiger partial charge in [0.15, 0.2) is 5.69 Å². The van der Waals surface area contributed by atoms with Crippen LogP contribution in [-0.4, -0.2) is 47.1 Å². The van der Waals surface area contributed by atoms with Crippen LogP contribution in [0.5, 0.6) is 5.75 Å². The lowest BCUT2D eigenvalue weighted by molar-refractivity contribution is 0.0593. The molecule has 0 saturated carbocycles. The smallest absolute Gasteiger partial charge is 0.365 e. The Morgan fingerprint density at radius 3 is 2.04 bits per heavy atom. The maximum atomic E-state index is 12.4. The average Bonchev–Trinajstić information content (AvgIpc) is 3.23. The van der Waals surface area contributed by atoms with Crippen LogP contribution in [0.1, 0.15) is 31.2 Å². The number of benzene rings is 2. The third kappa shape index (κ3) is 4.04. The summed E-state index contributed by atoms with van der Waals surface area (Å²) in [4.78, 5) is 37.3. The fraction of sp³-hybridized carbons (Fsp3) is 0.105. The van der Waals surface area contributed by atoms with E-state index in [1.165, 1.54) is 43.4 Å². The van der Waals surface area contributed by atoms with Gasteiger partial charge in [0.25, 0.3) is 0 Å². The molecule has 0 saturated heterocycles. The summed E-state index contributed by atoms with van der Waals surface area (Å²) < 4.78 is 14.5. The van der Waals surface area contributed by atoms with E-state index in [0.717, 1.165) is 0 Å². The molecule has 0 radical (unpaired) electrons. The predicted octanol–water partition coefficient (Wildman–Crippen LogP) is 2.06. The minimum Gasteiger partial charge on any atom is -0.465 e. The zero-order valence-corrected chi connectivity index (χ0v) is 15.0. The Hall–Kier alpha value is -4.01. The number of hydrogen-bond donors (Lipinski definition) is 0. The van der Waals surface area contributed by atoms with Gasteiger partial charge in [-0.1, -0.05) is 18.2 Å². The van der Waals surface area contributed by atoms with Crippen molar-refractivity contribution in [3.05, 3.63) is 71.5 Å². The summed E-state index contributed by atoms with van der Waals surface area (Å²) in [5.74, 6) is -2.24. The van der Waals surface area contributed by atoms with Gasteiger partial charge in [0.1, 0.15) is 5.75 Å². The summed E-state index contributed by atoms with van der Waals surface area (Å²) in [7, 11) is 2.39. The molecule has 0 aliphatic heterocycles. The number of methoxy groups -OCH3 is 2.